The molecule has 1 fully saturated rings. The number of nitrogens with zero attached hydrogens (tertiary/aromatic N) is 1. The van der Waals surface area contributed by atoms with Crippen molar-refractivity contribution in [3.05, 3.63) is 0 Å². The van der Waals surface area contributed by atoms with Gasteiger partial charge in [-0.15, -0.1) is 0 Å². The Bertz CT molecular complexity index is 264. The van der Waals surface area contributed by atoms with Gasteiger partial charge in [0, 0.05) is 20.2 Å². The van der Waals surface area contributed by atoms with Crippen LogP contribution in [0.2, 0.25) is 0 Å². The van der Waals surface area contributed by atoms with Crippen LogP contribution in [0.15, 0.2) is 0 Å². The molecule has 0 unspecified atom stereocenters. The van der Waals surface area contributed by atoms with Crippen LogP contribution in [0.4, 0.5) is 0 Å². The monoisotopic (exact) mass is 209 g/mol. The Hall–Kier alpha value is -0.170. The van der Waals surface area contributed by atoms with Crippen LogP contribution in [0.5, 0.6) is 0 Å². The second-order valence-electron chi connectivity index (χ2n) is 3.57. The molecule has 13 heavy (non-hydrogen) atoms. The first kappa shape index (κ1) is 10.9. The molecular formula is C7H15NO4S. The number of hydrogen-bond donors (Lipinski definition) is 1. The van der Waals surface area contributed by atoms with E-state index in [0.717, 1.165) is 0 Å². The first-order chi connectivity index (χ1) is 5.87. The van der Waals surface area contributed by atoms with Gasteiger partial charge in [0.25, 0.3) is 0 Å². The fourth-order valence-corrected chi connectivity index (χ4v) is 2.81. The van der Waals surface area contributed by atoms with E-state index in [1.807, 2.05) is 0 Å². The lowest BCUT2D eigenvalue weighted by Crippen LogP contribution is -2.62. The Morgan fingerprint density at radius 1 is 1.54 bits per heavy atom. The Kier molecular flexibility index (Phi) is 2.96. The molecule has 0 aromatic carbocycles. The third-order valence-corrected chi connectivity index (χ3v) is 3.70. The maximum absolute atomic E-state index is 11.4. The van der Waals surface area contributed by atoms with E-state index in [4.69, 9.17) is 0 Å². The summed E-state index contributed by atoms with van der Waals surface area (Å²) in [7, 11) is -1.75. The largest absolute Gasteiger partial charge is 0.387 e. The Balaban J connectivity index is 2.45. The van der Waals surface area contributed by atoms with Gasteiger partial charge in [-0.25, -0.2) is 8.42 Å². The molecule has 0 bridgehead atoms. The summed E-state index contributed by atoms with van der Waals surface area (Å²) in [6.07, 6.45) is 0. The molecule has 0 amide bonds. The average Bonchev–Trinajstić information content (AvgIpc) is 1.96. The highest BCUT2D eigenvalue weighted by Crippen LogP contribution is 2.23. The molecule has 0 aliphatic carbocycles. The van der Waals surface area contributed by atoms with Gasteiger partial charge in [0.1, 0.15) is 0 Å². The van der Waals surface area contributed by atoms with Crippen LogP contribution in [-0.4, -0.2) is 56.0 Å². The number of rotatable bonds is 4. The number of aliphatic hydroxyl groups is 1. The van der Waals surface area contributed by atoms with Crippen molar-refractivity contribution in [2.45, 2.75) is 12.5 Å². The van der Waals surface area contributed by atoms with Gasteiger partial charge in [-0.1, -0.05) is 0 Å². The van der Waals surface area contributed by atoms with Gasteiger partial charge in [-0.05, 0) is 6.92 Å². The topological polar surface area (TPSA) is 66.8 Å². The standard InChI is InChI=1S/C7H15NO4S/c1-7(9)5-8(6-7)13(10,11)4-3-12-2/h9H,3-6H2,1-2H3. The minimum absolute atomic E-state index is 0.0143. The van der Waals surface area contributed by atoms with Crippen LogP contribution in [-0.2, 0) is 14.8 Å². The van der Waals surface area contributed by atoms with Crippen LogP contribution in [0.3, 0.4) is 0 Å². The molecule has 1 rings (SSSR count). The van der Waals surface area contributed by atoms with Crippen molar-refractivity contribution in [3.63, 3.8) is 0 Å². The van der Waals surface area contributed by atoms with Crippen LogP contribution < -0.4 is 0 Å². The third kappa shape index (κ3) is 2.63. The fraction of sp³-hybridized carbons (Fsp3) is 1.00. The van der Waals surface area contributed by atoms with Crippen molar-refractivity contribution in [1.29, 1.82) is 0 Å². The lowest BCUT2D eigenvalue weighted by molar-refractivity contribution is -0.0427. The summed E-state index contributed by atoms with van der Waals surface area (Å²) in [5.41, 5.74) is -0.847. The Labute approximate surface area is 78.4 Å². The molecule has 0 aromatic rings. The molecule has 0 radical (unpaired) electrons. The van der Waals surface area contributed by atoms with E-state index in [9.17, 15) is 13.5 Å². The van der Waals surface area contributed by atoms with Crippen LogP contribution >= 0.6 is 0 Å². The van der Waals surface area contributed by atoms with Gasteiger partial charge in [-0.3, -0.25) is 0 Å². The number of sulfonamides is 1. The highest BCUT2D eigenvalue weighted by atomic mass is 32.2. The van der Waals surface area contributed by atoms with Crippen molar-refractivity contribution >= 4 is 10.0 Å². The summed E-state index contributed by atoms with van der Waals surface area (Å²) in [6.45, 7) is 2.20. The molecule has 6 heteroatoms. The third-order valence-electron chi connectivity index (χ3n) is 1.97. The van der Waals surface area contributed by atoms with Gasteiger partial charge < -0.3 is 9.84 Å². The zero-order chi connectivity index (χ0) is 10.1. The zero-order valence-corrected chi connectivity index (χ0v) is 8.67. The molecule has 1 aliphatic rings. The van der Waals surface area contributed by atoms with Crippen LogP contribution in [0, 0.1) is 0 Å². The smallest absolute Gasteiger partial charge is 0.216 e. The average molecular weight is 209 g/mol. The molecule has 0 aromatic heterocycles. The summed E-state index contributed by atoms with van der Waals surface area (Å²) in [5, 5.41) is 9.34. The Morgan fingerprint density at radius 3 is 2.46 bits per heavy atom. The molecule has 0 atom stereocenters. The van der Waals surface area contributed by atoms with E-state index in [1.54, 1.807) is 6.92 Å². The minimum Gasteiger partial charge on any atom is -0.387 e. The van der Waals surface area contributed by atoms with Crippen molar-refractivity contribution in [2.24, 2.45) is 0 Å². The highest BCUT2D eigenvalue weighted by Gasteiger charge is 2.42. The zero-order valence-electron chi connectivity index (χ0n) is 7.86. The number of hydrogen-bond acceptors (Lipinski definition) is 4. The van der Waals surface area contributed by atoms with Gasteiger partial charge >= 0.3 is 0 Å². The second kappa shape index (κ2) is 3.53. The van der Waals surface area contributed by atoms with Crippen molar-refractivity contribution < 1.29 is 18.3 Å². The fourth-order valence-electron chi connectivity index (χ4n) is 1.23. The van der Waals surface area contributed by atoms with Gasteiger partial charge in [0.05, 0.1) is 18.0 Å². The molecule has 5 nitrogen and oxygen atoms in total. The van der Waals surface area contributed by atoms with E-state index in [2.05, 4.69) is 4.74 Å². The van der Waals surface area contributed by atoms with Crippen LogP contribution in [0.1, 0.15) is 6.92 Å². The summed E-state index contributed by atoms with van der Waals surface area (Å²) in [5.74, 6) is -0.0143. The summed E-state index contributed by atoms with van der Waals surface area (Å²) in [4.78, 5) is 0. The first-order valence-corrected chi connectivity index (χ1v) is 5.67. The quantitative estimate of drug-likeness (QED) is 0.647. The van der Waals surface area contributed by atoms with Gasteiger partial charge in [0.2, 0.25) is 10.0 Å². The molecule has 1 saturated heterocycles. The lowest BCUT2D eigenvalue weighted by atomic mass is 10.0. The van der Waals surface area contributed by atoms with E-state index < -0.39 is 15.6 Å². The molecule has 0 saturated carbocycles. The van der Waals surface area contributed by atoms with Crippen molar-refractivity contribution in [3.8, 4) is 0 Å². The summed E-state index contributed by atoms with van der Waals surface area (Å²) in [6, 6.07) is 0. The SMILES string of the molecule is COCCS(=O)(=O)N1CC(C)(O)C1. The number of β-amino-alcohol motifs (C(OH)–C–C–N with tert-alkyl or cyclic N) is 1. The number of methoxy groups -OCH3 is 1. The maximum Gasteiger partial charge on any atom is 0.216 e. The molecule has 1 N–H and O–H groups in total. The predicted octanol–water partition coefficient (Wildman–Crippen LogP) is -0.971. The summed E-state index contributed by atoms with van der Waals surface area (Å²) < 4.78 is 28.7. The van der Waals surface area contributed by atoms with Gasteiger partial charge in [-0.2, -0.15) is 4.31 Å². The van der Waals surface area contributed by atoms with E-state index in [0.29, 0.717) is 0 Å². The molecule has 78 valence electrons. The highest BCUT2D eigenvalue weighted by molar-refractivity contribution is 7.89. The van der Waals surface area contributed by atoms with Crippen LogP contribution in [0.25, 0.3) is 0 Å². The number of ether oxygens (including phenoxy) is 1. The predicted molar refractivity (Wildman–Crippen MR) is 47.9 cm³/mol. The lowest BCUT2D eigenvalue weighted by Gasteiger charge is -2.42. The second-order valence-corrected chi connectivity index (χ2v) is 5.66. The first-order valence-electron chi connectivity index (χ1n) is 4.06. The van der Waals surface area contributed by atoms with E-state index in [1.165, 1.54) is 11.4 Å². The van der Waals surface area contributed by atoms with E-state index >= 15 is 0 Å². The Morgan fingerprint density at radius 2 is 2.08 bits per heavy atom. The molecule has 0 spiro atoms. The van der Waals surface area contributed by atoms with Crippen molar-refractivity contribution in [2.75, 3.05) is 32.6 Å². The van der Waals surface area contributed by atoms with E-state index in [-0.39, 0.29) is 25.4 Å². The molecule has 1 aliphatic heterocycles. The molecular weight excluding hydrogens is 194 g/mol. The minimum atomic E-state index is -3.21. The van der Waals surface area contributed by atoms with Crippen molar-refractivity contribution in [1.82, 2.24) is 4.31 Å². The maximum atomic E-state index is 11.4. The molecule has 1 heterocycles. The van der Waals surface area contributed by atoms with Gasteiger partial charge in [0.15, 0.2) is 0 Å². The normalized spacial score (nSPS) is 22.7. The summed E-state index contributed by atoms with van der Waals surface area (Å²) >= 11 is 0.